The lowest BCUT2D eigenvalue weighted by molar-refractivity contribution is -0.277. The third-order valence-electron chi connectivity index (χ3n) is 17.6. The molecule has 534 valence electrons. The predicted molar refractivity (Wildman–Crippen MR) is 354 cm³/mol. The van der Waals surface area contributed by atoms with E-state index >= 15 is 24.0 Å². The molecule has 7 aliphatic heterocycles. The summed E-state index contributed by atoms with van der Waals surface area (Å²) in [4.78, 5) is 109. The molecule has 14 rings (SSSR count). The van der Waals surface area contributed by atoms with Crippen LogP contribution in [0.4, 0.5) is 0 Å². The number of carbonyl (C=O) groups is 7. The molecule has 13 atom stereocenters. The van der Waals surface area contributed by atoms with Crippen LogP contribution in [0, 0.1) is 0 Å². The lowest BCUT2D eigenvalue weighted by Crippen LogP contribution is -2.60. The molecule has 0 spiro atoms. The molecule has 0 aromatic heterocycles. The smallest absolute Gasteiger partial charge is 0.254 e. The second-order valence-corrected chi connectivity index (χ2v) is 25.7. The third kappa shape index (κ3) is 14.5. The Morgan fingerprint density at radius 1 is 0.578 bits per heavy atom. The van der Waals surface area contributed by atoms with Gasteiger partial charge in [0.05, 0.1) is 16.7 Å². The molecule has 17 bridgehead atoms. The minimum absolute atomic E-state index is 0.0143. The van der Waals surface area contributed by atoms with Gasteiger partial charge in [0.1, 0.15) is 107 Å². The maximum atomic E-state index is 16.1. The minimum atomic E-state index is -2.26. The number of halogens is 2. The van der Waals surface area contributed by atoms with Crippen LogP contribution < -0.4 is 56.2 Å². The van der Waals surface area contributed by atoms with E-state index in [-0.39, 0.29) is 63.2 Å². The van der Waals surface area contributed by atoms with Crippen molar-refractivity contribution in [3.63, 3.8) is 0 Å². The van der Waals surface area contributed by atoms with Gasteiger partial charge in [-0.1, -0.05) is 53.5 Å². The number of hydrogen-bond acceptors (Lipinski definition) is 24. The number of amides is 7. The molecule has 1 fully saturated rings. The summed E-state index contributed by atoms with van der Waals surface area (Å²) in [5.41, 5.74) is -2.43. The molecule has 0 saturated carbocycles. The maximum Gasteiger partial charge on any atom is 0.254 e. The van der Waals surface area contributed by atoms with Gasteiger partial charge in [0.25, 0.3) is 5.91 Å². The quantitative estimate of drug-likeness (QED) is 0.0972. The van der Waals surface area contributed by atoms with E-state index in [9.17, 15) is 65.8 Å². The van der Waals surface area contributed by atoms with E-state index in [2.05, 4.69) is 37.2 Å². The Balaban J connectivity index is 1.07. The summed E-state index contributed by atoms with van der Waals surface area (Å²) in [6, 6.07) is 9.42. The zero-order valence-corrected chi connectivity index (χ0v) is 55.0. The van der Waals surface area contributed by atoms with Crippen molar-refractivity contribution in [1.82, 2.24) is 42.1 Å². The highest BCUT2D eigenvalue weighted by Gasteiger charge is 2.47. The van der Waals surface area contributed by atoms with Crippen molar-refractivity contribution in [3.05, 3.63) is 164 Å². The third-order valence-corrected chi connectivity index (χ3v) is 18.3. The highest BCUT2D eigenvalue weighted by molar-refractivity contribution is 6.33. The number of nitrogens with zero attached hydrogens (tertiary/aromatic N) is 1. The zero-order valence-electron chi connectivity index (χ0n) is 53.5. The van der Waals surface area contributed by atoms with Gasteiger partial charge in [-0.05, 0) is 133 Å². The van der Waals surface area contributed by atoms with E-state index in [0.717, 1.165) is 72.8 Å². The number of aliphatic hydroxyl groups is 6. The fourth-order valence-electron chi connectivity index (χ4n) is 12.3. The van der Waals surface area contributed by atoms with Crippen LogP contribution in [0.2, 0.25) is 10.0 Å². The molecule has 0 radical (unpaired) electrons. The molecular formula is C69H66Cl2N8O23. The second-order valence-electron chi connectivity index (χ2n) is 24.9. The van der Waals surface area contributed by atoms with Gasteiger partial charge in [-0.2, -0.15) is 0 Å². The Labute approximate surface area is 587 Å². The number of phenolic OH excluding ortho intramolecular Hbond substituents is 5. The molecule has 33 heteroatoms. The molecule has 31 nitrogen and oxygen atoms in total. The number of aromatic hydroxyl groups is 5. The summed E-state index contributed by atoms with van der Waals surface area (Å²) < 4.78 is 30.4. The Hall–Kier alpha value is -10.7. The van der Waals surface area contributed by atoms with Gasteiger partial charge in [-0.15, -0.1) is 0 Å². The molecule has 0 aliphatic carbocycles. The normalized spacial score (nSPS) is 24.9. The van der Waals surface area contributed by atoms with E-state index in [0.29, 0.717) is 18.5 Å². The van der Waals surface area contributed by atoms with Gasteiger partial charge in [0, 0.05) is 41.8 Å². The molecule has 1 saturated heterocycles. The number of fused-ring (bicyclic) bond motifs is 14. The van der Waals surface area contributed by atoms with Crippen LogP contribution in [-0.2, 0) is 44.7 Å². The van der Waals surface area contributed by atoms with Gasteiger partial charge in [0.15, 0.2) is 29.1 Å². The van der Waals surface area contributed by atoms with Crippen molar-refractivity contribution >= 4 is 64.6 Å². The Bertz CT molecular complexity index is 4510. The summed E-state index contributed by atoms with van der Waals surface area (Å²) in [7, 11) is 3.56. The van der Waals surface area contributed by atoms with E-state index in [4.69, 9.17) is 46.9 Å². The molecule has 7 aromatic rings. The number of benzene rings is 7. The molecule has 18 N–H and O–H groups in total. The van der Waals surface area contributed by atoms with Crippen molar-refractivity contribution in [1.29, 1.82) is 0 Å². The van der Waals surface area contributed by atoms with Gasteiger partial charge < -0.3 is 122 Å². The van der Waals surface area contributed by atoms with Crippen LogP contribution in [0.15, 0.2) is 115 Å². The van der Waals surface area contributed by atoms with E-state index in [1.807, 2.05) is 4.90 Å². The highest BCUT2D eigenvalue weighted by Crippen LogP contribution is 2.49. The van der Waals surface area contributed by atoms with Crippen molar-refractivity contribution in [2.45, 2.75) is 92.0 Å². The first-order valence-corrected chi connectivity index (χ1v) is 32.3. The van der Waals surface area contributed by atoms with Crippen LogP contribution in [0.25, 0.3) is 11.1 Å². The van der Waals surface area contributed by atoms with Crippen LogP contribution in [0.5, 0.6) is 69.0 Å². The number of phenols is 5. The lowest BCUT2D eigenvalue weighted by atomic mass is 9.89. The Kier molecular flexibility index (Phi) is 20.3. The summed E-state index contributed by atoms with van der Waals surface area (Å²) >= 11 is 13.8. The first-order chi connectivity index (χ1) is 48.6. The first kappa shape index (κ1) is 71.1. The number of rotatable bonds is 8. The first-order valence-electron chi connectivity index (χ1n) is 31.6. The number of nitrogens with one attached hydrogen (secondary N) is 7. The number of ether oxygens (including phenoxy) is 5. The van der Waals surface area contributed by atoms with Gasteiger partial charge in [0.2, 0.25) is 47.5 Å². The highest BCUT2D eigenvalue weighted by atomic mass is 35.5. The average Bonchev–Trinajstić information content (AvgIpc) is 0.751. The molecule has 7 aliphatic rings. The number of carbonyl (C=O) groups excluding carboxylic acids is 7. The fourth-order valence-corrected chi connectivity index (χ4v) is 12.7. The molecule has 7 heterocycles. The van der Waals surface area contributed by atoms with Gasteiger partial charge in [-0.3, -0.25) is 33.6 Å². The monoisotopic (exact) mass is 1440 g/mol. The van der Waals surface area contributed by atoms with E-state index in [1.54, 1.807) is 14.1 Å². The molecule has 2 unspecified atom stereocenters. The van der Waals surface area contributed by atoms with E-state index < -0.39 is 200 Å². The molecular weight excluding hydrogens is 1380 g/mol. The topological polar surface area (TPSA) is 476 Å². The van der Waals surface area contributed by atoms with Crippen LogP contribution in [0.3, 0.4) is 0 Å². The molecule has 102 heavy (non-hydrogen) atoms. The van der Waals surface area contributed by atoms with Crippen molar-refractivity contribution in [2.75, 3.05) is 33.8 Å². The van der Waals surface area contributed by atoms with Crippen molar-refractivity contribution < 1.29 is 113 Å². The van der Waals surface area contributed by atoms with E-state index in [1.165, 1.54) is 42.5 Å². The summed E-state index contributed by atoms with van der Waals surface area (Å²) in [5.74, 6) is -14.9. The van der Waals surface area contributed by atoms with Crippen LogP contribution in [-0.4, -0.2) is 179 Å². The lowest BCUT2D eigenvalue weighted by Gasteiger charge is -2.40. The van der Waals surface area contributed by atoms with Gasteiger partial charge >= 0.3 is 0 Å². The van der Waals surface area contributed by atoms with Crippen LogP contribution in [0.1, 0.15) is 81.7 Å². The zero-order chi connectivity index (χ0) is 72.9. The summed E-state index contributed by atoms with van der Waals surface area (Å²) in [6.45, 7) is -0.530. The molecule has 7 amide bonds. The minimum Gasteiger partial charge on any atom is -0.508 e. The maximum absolute atomic E-state index is 16.1. The summed E-state index contributed by atoms with van der Waals surface area (Å²) in [5, 5.41) is 143. The average molecular weight is 1450 g/mol. The second kappa shape index (κ2) is 29.1. The van der Waals surface area contributed by atoms with Gasteiger partial charge in [-0.25, -0.2) is 0 Å². The Morgan fingerprint density at radius 3 is 1.94 bits per heavy atom. The largest absolute Gasteiger partial charge is 0.508 e. The summed E-state index contributed by atoms with van der Waals surface area (Å²) in [6.07, 6.45) is -13.9. The fraction of sp³-hybridized carbons (Fsp3) is 0.290. The van der Waals surface area contributed by atoms with Crippen LogP contribution >= 0.6 is 23.2 Å². The SMILES string of the molecule is CN(C)CCCNC(=O)[C@H]1NC(=O)[C@H]2NC(=O)[C@H](NC(=O)[C@@H]3NC(=O)[C@H]4NC(=O)C(Cc5ccc(cc5)Oc5cc3cc(c5O)Oc3ccc(cc3Cl)[C@H]2O)NC(=O)C(O)c2ccc(O)c(c2)Oc2cc(O)c(Cl)c4c2)c2ccc(O)c(c2)-c2c(O[C@H]3O[C@H](CO)[C@@H](O)[C@H](O)[C@@H]3O)cc(O)cc21. The predicted octanol–water partition coefficient (Wildman–Crippen LogP) is 2.47. The van der Waals surface area contributed by atoms with Crippen molar-refractivity contribution in [2.24, 2.45) is 0 Å². The number of aliphatic hydroxyl groups excluding tert-OH is 6. The molecule has 7 aromatic carbocycles. The number of hydrogen-bond donors (Lipinski definition) is 18. The van der Waals surface area contributed by atoms with Crippen molar-refractivity contribution in [3.8, 4) is 80.1 Å². The standard InChI is InChI=1S/C69H66Cl2N8O23/c1-79(2)15-3-14-72-63(92)53-36-22-32(81)23-45(101-69-61(90)60(89)59(88)48(26-80)102-69)49(36)35-17-28(6-11-40(35)82)51-64(93)78-55(67(96)77-53)56(85)29-8-13-43(38(70)18-29)100-47-21-31-20-46(58(47)87)98-33-9-4-27(5-10-33)16-39-62(91)76-54(66(95)75-52(31)65(94)74-51)37-24-34(25-42(84)50(37)71)99-44-19-30(7-12-41(44)83)57(86)68(97)73-39/h4-13,17-25,39,48,51-57,59-61,69,80-90H,3,14-16,26H2,1-2H3,(H,72,92)(H,73,97)(H,74,94)(H,75,95)(H,76,91)(H,77,96)(H,78,93)/t39?,48-,51-,52-,53+,54+,55+,56-,57?,59-,60+,61+,69+/m1/s1. The Morgan fingerprint density at radius 2 is 1.23 bits per heavy atom.